The summed E-state index contributed by atoms with van der Waals surface area (Å²) in [7, 11) is -3.52. The van der Waals surface area contributed by atoms with E-state index in [1.54, 1.807) is 31.2 Å². The van der Waals surface area contributed by atoms with Gasteiger partial charge in [-0.15, -0.1) is 0 Å². The molecule has 0 unspecified atom stereocenters. The Morgan fingerprint density at radius 2 is 1.88 bits per heavy atom. The van der Waals surface area contributed by atoms with E-state index in [2.05, 4.69) is 5.32 Å². The Labute approximate surface area is 153 Å². The molecule has 5 nitrogen and oxygen atoms in total. The third-order valence-corrected chi connectivity index (χ3v) is 5.09. The standard InChI is InChI=1S/C18H21ClN2O3S/c1-13-5-4-6-16(11-13)20-18(22)9-10-21(25(3,23)24)17-8-7-15(19)12-14(17)2/h4-8,11-12H,9-10H2,1-3H3,(H,20,22). The van der Waals surface area contributed by atoms with Crippen molar-refractivity contribution in [2.75, 3.05) is 22.4 Å². The number of anilines is 2. The van der Waals surface area contributed by atoms with Crippen molar-refractivity contribution in [2.24, 2.45) is 0 Å². The van der Waals surface area contributed by atoms with Gasteiger partial charge in [0.25, 0.3) is 0 Å². The molecule has 0 heterocycles. The van der Waals surface area contributed by atoms with Crippen molar-refractivity contribution in [3.05, 3.63) is 58.6 Å². The van der Waals surface area contributed by atoms with E-state index in [1.165, 1.54) is 4.31 Å². The fourth-order valence-corrected chi connectivity index (χ4v) is 3.72. The Morgan fingerprint density at radius 1 is 1.16 bits per heavy atom. The van der Waals surface area contributed by atoms with E-state index in [0.29, 0.717) is 16.4 Å². The lowest BCUT2D eigenvalue weighted by atomic mass is 10.2. The van der Waals surface area contributed by atoms with E-state index >= 15 is 0 Å². The minimum Gasteiger partial charge on any atom is -0.326 e. The Hall–Kier alpha value is -2.05. The average molecular weight is 381 g/mol. The first-order chi connectivity index (χ1) is 11.7. The molecular formula is C18H21ClN2O3S. The van der Waals surface area contributed by atoms with Gasteiger partial charge in [0.15, 0.2) is 0 Å². The van der Waals surface area contributed by atoms with Crippen molar-refractivity contribution in [1.29, 1.82) is 0 Å². The molecule has 0 bridgehead atoms. The summed E-state index contributed by atoms with van der Waals surface area (Å²) in [5.41, 5.74) is 2.98. The topological polar surface area (TPSA) is 66.5 Å². The Morgan fingerprint density at radius 3 is 2.48 bits per heavy atom. The van der Waals surface area contributed by atoms with E-state index < -0.39 is 10.0 Å². The van der Waals surface area contributed by atoms with Crippen LogP contribution in [0, 0.1) is 13.8 Å². The number of hydrogen-bond acceptors (Lipinski definition) is 3. The molecule has 1 amide bonds. The molecular weight excluding hydrogens is 360 g/mol. The lowest BCUT2D eigenvalue weighted by molar-refractivity contribution is -0.116. The second kappa shape index (κ2) is 7.89. The maximum absolute atomic E-state index is 12.2. The SMILES string of the molecule is Cc1cccc(NC(=O)CCN(c2ccc(Cl)cc2C)S(C)(=O)=O)c1. The predicted octanol–water partition coefficient (Wildman–Crippen LogP) is 3.75. The van der Waals surface area contributed by atoms with Crippen LogP contribution >= 0.6 is 11.6 Å². The minimum absolute atomic E-state index is 0.0447. The van der Waals surface area contributed by atoms with Crippen LogP contribution in [0.4, 0.5) is 11.4 Å². The highest BCUT2D eigenvalue weighted by Crippen LogP contribution is 2.25. The van der Waals surface area contributed by atoms with E-state index in [-0.39, 0.29) is 18.9 Å². The van der Waals surface area contributed by atoms with Crippen molar-refractivity contribution < 1.29 is 13.2 Å². The van der Waals surface area contributed by atoms with Gasteiger partial charge in [-0.3, -0.25) is 9.10 Å². The highest BCUT2D eigenvalue weighted by atomic mass is 35.5. The first-order valence-electron chi connectivity index (χ1n) is 7.77. The summed E-state index contributed by atoms with van der Waals surface area (Å²) in [5.74, 6) is -0.245. The van der Waals surface area contributed by atoms with Crippen molar-refractivity contribution in [3.63, 3.8) is 0 Å². The van der Waals surface area contributed by atoms with Crippen LogP contribution in [-0.2, 0) is 14.8 Å². The molecule has 134 valence electrons. The fourth-order valence-electron chi connectivity index (χ4n) is 2.51. The fraction of sp³-hybridized carbons (Fsp3) is 0.278. The van der Waals surface area contributed by atoms with Crippen LogP contribution in [0.15, 0.2) is 42.5 Å². The Kier molecular flexibility index (Phi) is 6.08. The summed E-state index contributed by atoms with van der Waals surface area (Å²) >= 11 is 5.93. The summed E-state index contributed by atoms with van der Waals surface area (Å²) in [6, 6.07) is 12.4. The van der Waals surface area contributed by atoms with Gasteiger partial charge < -0.3 is 5.32 Å². The number of carbonyl (C=O) groups is 1. The molecule has 25 heavy (non-hydrogen) atoms. The molecule has 0 fully saturated rings. The number of halogens is 1. The predicted molar refractivity (Wildman–Crippen MR) is 103 cm³/mol. The van der Waals surface area contributed by atoms with Gasteiger partial charge in [-0.2, -0.15) is 0 Å². The summed E-state index contributed by atoms with van der Waals surface area (Å²) in [4.78, 5) is 12.2. The van der Waals surface area contributed by atoms with Gasteiger partial charge in [-0.25, -0.2) is 8.42 Å². The Balaban J connectivity index is 2.12. The van der Waals surface area contributed by atoms with Crippen LogP contribution in [0.5, 0.6) is 0 Å². The van der Waals surface area contributed by atoms with Crippen LogP contribution in [0.2, 0.25) is 5.02 Å². The zero-order valence-corrected chi connectivity index (χ0v) is 16.0. The molecule has 0 aliphatic heterocycles. The monoisotopic (exact) mass is 380 g/mol. The van der Waals surface area contributed by atoms with Gasteiger partial charge in [0.1, 0.15) is 0 Å². The van der Waals surface area contributed by atoms with Gasteiger partial charge in [0.05, 0.1) is 11.9 Å². The molecule has 2 rings (SSSR count). The van der Waals surface area contributed by atoms with Gasteiger partial charge in [-0.05, 0) is 55.3 Å². The van der Waals surface area contributed by atoms with Crippen LogP contribution in [0.3, 0.4) is 0 Å². The molecule has 0 aliphatic rings. The molecule has 0 saturated heterocycles. The maximum Gasteiger partial charge on any atom is 0.232 e. The number of rotatable bonds is 6. The van der Waals surface area contributed by atoms with Crippen molar-refractivity contribution >= 4 is 38.9 Å². The molecule has 0 atom stereocenters. The third-order valence-electron chi connectivity index (χ3n) is 3.67. The van der Waals surface area contributed by atoms with Crippen molar-refractivity contribution in [2.45, 2.75) is 20.3 Å². The molecule has 7 heteroatoms. The molecule has 2 aromatic carbocycles. The van der Waals surface area contributed by atoms with E-state index in [4.69, 9.17) is 11.6 Å². The smallest absolute Gasteiger partial charge is 0.232 e. The summed E-state index contributed by atoms with van der Waals surface area (Å²) < 4.78 is 25.5. The summed E-state index contributed by atoms with van der Waals surface area (Å²) in [6.07, 6.45) is 1.17. The zero-order valence-electron chi connectivity index (χ0n) is 14.4. The number of nitrogens with one attached hydrogen (secondary N) is 1. The molecule has 0 spiro atoms. The molecule has 0 aromatic heterocycles. The average Bonchev–Trinajstić information content (AvgIpc) is 2.48. The second-order valence-corrected chi connectivity index (χ2v) is 8.28. The number of amides is 1. The largest absolute Gasteiger partial charge is 0.326 e. The number of sulfonamides is 1. The summed E-state index contributed by atoms with van der Waals surface area (Å²) in [6.45, 7) is 3.77. The number of nitrogens with zero attached hydrogens (tertiary/aromatic N) is 1. The molecule has 2 aromatic rings. The van der Waals surface area contributed by atoms with E-state index in [0.717, 1.165) is 17.4 Å². The highest BCUT2D eigenvalue weighted by Gasteiger charge is 2.20. The van der Waals surface area contributed by atoms with Gasteiger partial charge >= 0.3 is 0 Å². The first kappa shape index (κ1) is 19.3. The van der Waals surface area contributed by atoms with Crippen LogP contribution < -0.4 is 9.62 Å². The lowest BCUT2D eigenvalue weighted by Crippen LogP contribution is -2.33. The molecule has 0 aliphatic carbocycles. The normalized spacial score (nSPS) is 11.2. The number of carbonyl (C=O) groups excluding carboxylic acids is 1. The van der Waals surface area contributed by atoms with E-state index in [9.17, 15) is 13.2 Å². The number of hydrogen-bond donors (Lipinski definition) is 1. The van der Waals surface area contributed by atoms with Gasteiger partial charge in [0, 0.05) is 23.7 Å². The van der Waals surface area contributed by atoms with E-state index in [1.807, 2.05) is 25.1 Å². The summed E-state index contributed by atoms with van der Waals surface area (Å²) in [5, 5.41) is 3.32. The lowest BCUT2D eigenvalue weighted by Gasteiger charge is -2.24. The third kappa shape index (κ3) is 5.47. The second-order valence-electron chi connectivity index (χ2n) is 5.93. The van der Waals surface area contributed by atoms with Crippen LogP contribution in [0.1, 0.15) is 17.5 Å². The molecule has 1 N–H and O–H groups in total. The van der Waals surface area contributed by atoms with Crippen LogP contribution in [0.25, 0.3) is 0 Å². The first-order valence-corrected chi connectivity index (χ1v) is 10.00. The number of aryl methyl sites for hydroxylation is 2. The highest BCUT2D eigenvalue weighted by molar-refractivity contribution is 7.92. The Bertz CT molecular complexity index is 882. The maximum atomic E-state index is 12.2. The van der Waals surface area contributed by atoms with Gasteiger partial charge in [0.2, 0.25) is 15.9 Å². The number of benzene rings is 2. The van der Waals surface area contributed by atoms with Crippen molar-refractivity contribution in [1.82, 2.24) is 0 Å². The van der Waals surface area contributed by atoms with Crippen LogP contribution in [-0.4, -0.2) is 27.1 Å². The van der Waals surface area contributed by atoms with Crippen molar-refractivity contribution in [3.8, 4) is 0 Å². The quantitative estimate of drug-likeness (QED) is 0.829. The molecule has 0 radical (unpaired) electrons. The zero-order chi connectivity index (χ0) is 18.6. The molecule has 0 saturated carbocycles. The van der Waals surface area contributed by atoms with Gasteiger partial charge in [-0.1, -0.05) is 23.7 Å². The minimum atomic E-state index is -3.52.